The number of allylic oxidation sites excluding steroid dienone is 1. The molecule has 0 radical (unpaired) electrons. The van der Waals surface area contributed by atoms with E-state index >= 15 is 0 Å². The summed E-state index contributed by atoms with van der Waals surface area (Å²) in [4.78, 5) is 11.5. The first-order valence-corrected chi connectivity index (χ1v) is 12.0. The molecule has 0 bridgehead atoms. The van der Waals surface area contributed by atoms with Crippen LogP contribution in [0.2, 0.25) is 0 Å². The predicted molar refractivity (Wildman–Crippen MR) is 141 cm³/mol. The van der Waals surface area contributed by atoms with Gasteiger partial charge in [-0.3, -0.25) is 0 Å². The highest BCUT2D eigenvalue weighted by Crippen LogP contribution is 2.35. The molecule has 3 aromatic carbocycles. The number of rotatable bonds is 10. The van der Waals surface area contributed by atoms with E-state index in [0.29, 0.717) is 12.5 Å². The van der Waals surface area contributed by atoms with Crippen LogP contribution in [0.4, 0.5) is 0 Å². The van der Waals surface area contributed by atoms with Crippen molar-refractivity contribution < 1.29 is 19.7 Å². The van der Waals surface area contributed by atoms with Gasteiger partial charge >= 0.3 is 0 Å². The Bertz CT molecular complexity index is 1050. The molecule has 0 fully saturated rings. The lowest BCUT2D eigenvalue weighted by Crippen LogP contribution is -2.32. The Morgan fingerprint density at radius 2 is 1.40 bits per heavy atom. The van der Waals surface area contributed by atoms with Crippen LogP contribution in [-0.4, -0.2) is 55.2 Å². The van der Waals surface area contributed by atoms with E-state index in [2.05, 4.69) is 77.7 Å². The fraction of sp³-hybridized carbons (Fsp3) is 0.276. The number of aliphatic hydroxyl groups is 1. The summed E-state index contributed by atoms with van der Waals surface area (Å²) in [6, 6.07) is 29.4. The summed E-state index contributed by atoms with van der Waals surface area (Å²) in [5.74, 6) is 0.0309. The molecule has 0 saturated carbocycles. The zero-order chi connectivity index (χ0) is 25.6. The summed E-state index contributed by atoms with van der Waals surface area (Å²) in [7, 11) is 4.09. The number of hydrogen-bond acceptors (Lipinski definition) is 5. The van der Waals surface area contributed by atoms with Gasteiger partial charge in [0.25, 0.3) is 0 Å². The fourth-order valence-electron chi connectivity index (χ4n) is 3.33. The average Bonchev–Trinajstić information content (AvgIpc) is 2.86. The SMILES string of the molecule is CC(O)C(=O)[O-].CN(C)CCOc1ccc(/C(=C(/CCCl)c2ccccc2)c2ccccc2)cc1. The maximum Gasteiger partial charge on any atom is 0.119 e. The van der Waals surface area contributed by atoms with Gasteiger partial charge in [0.05, 0.1) is 12.1 Å². The van der Waals surface area contributed by atoms with Crippen molar-refractivity contribution in [3.63, 3.8) is 0 Å². The second kappa shape index (κ2) is 15.0. The Balaban J connectivity index is 0.000000641. The normalized spacial score (nSPS) is 12.3. The van der Waals surface area contributed by atoms with Crippen LogP contribution in [0.1, 0.15) is 30.0 Å². The lowest BCUT2D eigenvalue weighted by Gasteiger charge is -2.17. The number of ether oxygens (including phenoxy) is 1. The van der Waals surface area contributed by atoms with E-state index < -0.39 is 12.1 Å². The van der Waals surface area contributed by atoms with Gasteiger partial charge in [-0.1, -0.05) is 72.8 Å². The Morgan fingerprint density at radius 3 is 1.86 bits per heavy atom. The third-order valence-corrected chi connectivity index (χ3v) is 5.31. The third kappa shape index (κ3) is 9.57. The van der Waals surface area contributed by atoms with Crippen molar-refractivity contribution in [1.29, 1.82) is 0 Å². The van der Waals surface area contributed by atoms with Crippen LogP contribution in [0.5, 0.6) is 5.75 Å². The first-order chi connectivity index (χ1) is 16.8. The van der Waals surface area contributed by atoms with Gasteiger partial charge in [0.15, 0.2) is 0 Å². The van der Waals surface area contributed by atoms with Crippen LogP contribution in [0.25, 0.3) is 11.1 Å². The molecule has 3 rings (SSSR count). The molecular formula is C29H33ClNO4-. The molecule has 0 spiro atoms. The number of alkyl halides is 1. The molecule has 0 aliphatic heterocycles. The molecule has 0 aliphatic carbocycles. The second-order valence-electron chi connectivity index (χ2n) is 8.20. The van der Waals surface area contributed by atoms with Gasteiger partial charge in [-0.15, -0.1) is 11.6 Å². The maximum atomic E-state index is 9.34. The number of halogens is 1. The van der Waals surface area contributed by atoms with E-state index in [1.807, 2.05) is 26.2 Å². The van der Waals surface area contributed by atoms with Crippen molar-refractivity contribution in [2.45, 2.75) is 19.4 Å². The Morgan fingerprint density at radius 1 is 0.914 bits per heavy atom. The van der Waals surface area contributed by atoms with Crippen molar-refractivity contribution in [3.8, 4) is 5.75 Å². The van der Waals surface area contributed by atoms with Gasteiger partial charge in [0, 0.05) is 12.4 Å². The number of carbonyl (C=O) groups is 1. The van der Waals surface area contributed by atoms with Crippen LogP contribution in [0, 0.1) is 0 Å². The van der Waals surface area contributed by atoms with Crippen molar-refractivity contribution in [1.82, 2.24) is 4.90 Å². The van der Waals surface area contributed by atoms with Crippen LogP contribution >= 0.6 is 11.6 Å². The second-order valence-corrected chi connectivity index (χ2v) is 8.57. The number of aliphatic hydroxyl groups excluding tert-OH is 1. The monoisotopic (exact) mass is 494 g/mol. The van der Waals surface area contributed by atoms with E-state index in [1.54, 1.807) is 0 Å². The smallest absolute Gasteiger partial charge is 0.119 e. The third-order valence-electron chi connectivity index (χ3n) is 5.12. The summed E-state index contributed by atoms with van der Waals surface area (Å²) in [6.07, 6.45) is -0.540. The molecule has 3 aromatic rings. The minimum Gasteiger partial charge on any atom is -0.547 e. The minimum atomic E-state index is -1.44. The summed E-state index contributed by atoms with van der Waals surface area (Å²) in [5, 5.41) is 17.3. The quantitative estimate of drug-likeness (QED) is 0.335. The zero-order valence-electron chi connectivity index (χ0n) is 20.5. The van der Waals surface area contributed by atoms with Gasteiger partial charge in [-0.2, -0.15) is 0 Å². The molecule has 0 amide bonds. The summed E-state index contributed by atoms with van der Waals surface area (Å²) >= 11 is 6.21. The number of likely N-dealkylation sites (N-methyl/N-ethyl adjacent to an activating group) is 1. The Kier molecular flexibility index (Phi) is 12.0. The molecule has 0 aliphatic rings. The molecule has 0 saturated heterocycles. The molecular weight excluding hydrogens is 462 g/mol. The van der Waals surface area contributed by atoms with Crippen molar-refractivity contribution in [2.24, 2.45) is 0 Å². The molecule has 1 unspecified atom stereocenters. The fourth-order valence-corrected chi connectivity index (χ4v) is 3.52. The van der Waals surface area contributed by atoms with E-state index in [1.165, 1.54) is 27.8 Å². The van der Waals surface area contributed by atoms with Crippen LogP contribution in [-0.2, 0) is 4.79 Å². The number of benzene rings is 3. The first kappa shape index (κ1) is 28.1. The highest BCUT2D eigenvalue weighted by Gasteiger charge is 2.14. The number of carboxylic acid groups (broad SMARTS) is 1. The number of carboxylic acids is 1. The molecule has 0 heterocycles. The van der Waals surface area contributed by atoms with Gasteiger partial charge in [0.2, 0.25) is 0 Å². The van der Waals surface area contributed by atoms with Crippen LogP contribution in [0.15, 0.2) is 84.9 Å². The number of nitrogens with zero attached hydrogens (tertiary/aromatic N) is 1. The van der Waals surface area contributed by atoms with Gasteiger partial charge < -0.3 is 24.6 Å². The predicted octanol–water partition coefficient (Wildman–Crippen LogP) is 4.33. The van der Waals surface area contributed by atoms with Crippen molar-refractivity contribution >= 4 is 28.7 Å². The van der Waals surface area contributed by atoms with Crippen molar-refractivity contribution in [3.05, 3.63) is 102 Å². The molecule has 0 aromatic heterocycles. The number of hydrogen-bond donors (Lipinski definition) is 1. The van der Waals surface area contributed by atoms with E-state index in [-0.39, 0.29) is 0 Å². The molecule has 5 nitrogen and oxygen atoms in total. The average molecular weight is 495 g/mol. The van der Waals surface area contributed by atoms with Gasteiger partial charge in [-0.25, -0.2) is 0 Å². The number of aliphatic carboxylic acids is 1. The van der Waals surface area contributed by atoms with E-state index in [0.717, 1.165) is 25.6 Å². The zero-order valence-corrected chi connectivity index (χ0v) is 21.2. The Hall–Kier alpha value is -3.12. The maximum absolute atomic E-state index is 9.34. The largest absolute Gasteiger partial charge is 0.547 e. The topological polar surface area (TPSA) is 72.8 Å². The molecule has 1 N–H and O–H groups in total. The summed E-state index contributed by atoms with van der Waals surface area (Å²) < 4.78 is 5.87. The molecule has 186 valence electrons. The molecule has 6 heteroatoms. The van der Waals surface area contributed by atoms with Gasteiger partial charge in [-0.05, 0) is 67.4 Å². The number of carbonyl (C=O) groups excluding carboxylic acids is 1. The van der Waals surface area contributed by atoms with E-state index in [4.69, 9.17) is 21.4 Å². The Labute approximate surface area is 213 Å². The molecule has 35 heavy (non-hydrogen) atoms. The van der Waals surface area contributed by atoms with Crippen LogP contribution < -0.4 is 9.84 Å². The van der Waals surface area contributed by atoms with E-state index in [9.17, 15) is 9.90 Å². The van der Waals surface area contributed by atoms with Gasteiger partial charge in [0.1, 0.15) is 12.4 Å². The highest BCUT2D eigenvalue weighted by atomic mass is 35.5. The lowest BCUT2D eigenvalue weighted by molar-refractivity contribution is -0.314. The lowest BCUT2D eigenvalue weighted by atomic mass is 9.88. The standard InChI is InChI=1S/C26H28ClNO.C3H6O3/c1-28(2)19-20-29-24-15-13-23(14-16-24)26(22-11-7-4-8-12-22)25(17-18-27)21-9-5-3-6-10-21;1-2(4)3(5)6/h3-16H,17-20H2,1-2H3;2,4H,1H3,(H,5,6)/p-1/b26-25-;. The van der Waals surface area contributed by atoms with Crippen molar-refractivity contribution in [2.75, 3.05) is 33.1 Å². The molecule has 1 atom stereocenters. The van der Waals surface area contributed by atoms with Crippen LogP contribution in [0.3, 0.4) is 0 Å². The first-order valence-electron chi connectivity index (χ1n) is 11.5. The summed E-state index contributed by atoms with van der Waals surface area (Å²) in [5.41, 5.74) is 6.04. The highest BCUT2D eigenvalue weighted by molar-refractivity contribution is 6.18. The summed E-state index contributed by atoms with van der Waals surface area (Å²) in [6.45, 7) is 2.70. The minimum absolute atomic E-state index is 0.576.